The van der Waals surface area contributed by atoms with Gasteiger partial charge in [0.1, 0.15) is 12.2 Å². The van der Waals surface area contributed by atoms with Gasteiger partial charge in [0.15, 0.2) is 5.76 Å². The molecule has 0 atom stereocenters. The van der Waals surface area contributed by atoms with Crippen molar-refractivity contribution in [2.45, 2.75) is 6.92 Å². The second-order valence-corrected chi connectivity index (χ2v) is 6.20. The van der Waals surface area contributed by atoms with Crippen LogP contribution in [0.1, 0.15) is 5.56 Å². The number of carbonyl (C=O) groups is 1. The van der Waals surface area contributed by atoms with E-state index in [1.54, 1.807) is 37.3 Å². The molecule has 0 bridgehead atoms. The summed E-state index contributed by atoms with van der Waals surface area (Å²) in [5.74, 6) is -1.57. The topological polar surface area (TPSA) is 79.6 Å². The number of aliphatic carboxylic acids is 1. The van der Waals surface area contributed by atoms with Crippen LogP contribution >= 0.6 is 23.2 Å². The number of carboxylic acids is 1. The van der Waals surface area contributed by atoms with Gasteiger partial charge in [-0.15, -0.1) is 0 Å². The molecule has 0 spiro atoms. The molecule has 0 aliphatic rings. The molecule has 5 nitrogen and oxygen atoms in total. The number of aryl methyl sites for hydroxylation is 1. The highest BCUT2D eigenvalue weighted by atomic mass is 35.5. The van der Waals surface area contributed by atoms with Crippen LogP contribution in [0.15, 0.2) is 45.6 Å². The Morgan fingerprint density at radius 1 is 1.20 bits per heavy atom. The van der Waals surface area contributed by atoms with Crippen LogP contribution in [0.4, 0.5) is 0 Å². The van der Waals surface area contributed by atoms with Crippen molar-refractivity contribution in [3.8, 4) is 17.1 Å². The lowest BCUT2D eigenvalue weighted by atomic mass is 10.1. The minimum Gasteiger partial charge on any atom is -0.546 e. The smallest absolute Gasteiger partial charge is 0.235 e. The van der Waals surface area contributed by atoms with E-state index in [2.05, 4.69) is 0 Å². The predicted octanol–water partition coefficient (Wildman–Crippen LogP) is 3.20. The number of hydrogen-bond donors (Lipinski definition) is 0. The molecule has 1 heterocycles. The zero-order chi connectivity index (χ0) is 18.1. The molecule has 0 aliphatic heterocycles. The second kappa shape index (κ2) is 6.78. The van der Waals surface area contributed by atoms with E-state index >= 15 is 0 Å². The molecule has 0 saturated carbocycles. The zero-order valence-electron chi connectivity index (χ0n) is 13.0. The van der Waals surface area contributed by atoms with Crippen molar-refractivity contribution in [3.05, 3.63) is 62.2 Å². The summed E-state index contributed by atoms with van der Waals surface area (Å²) in [4.78, 5) is 23.5. The van der Waals surface area contributed by atoms with Crippen molar-refractivity contribution in [2.24, 2.45) is 0 Å². The Morgan fingerprint density at radius 3 is 2.52 bits per heavy atom. The Morgan fingerprint density at radius 2 is 1.88 bits per heavy atom. The highest BCUT2D eigenvalue weighted by Gasteiger charge is 2.18. The quantitative estimate of drug-likeness (QED) is 0.697. The number of hydrogen-bond acceptors (Lipinski definition) is 5. The lowest BCUT2D eigenvalue weighted by molar-refractivity contribution is -0.307. The molecule has 7 heteroatoms. The highest BCUT2D eigenvalue weighted by molar-refractivity contribution is 6.32. The van der Waals surface area contributed by atoms with Gasteiger partial charge in [0, 0.05) is 15.6 Å². The van der Waals surface area contributed by atoms with Crippen LogP contribution < -0.4 is 15.3 Å². The molecule has 0 aliphatic carbocycles. The van der Waals surface area contributed by atoms with Crippen molar-refractivity contribution in [2.75, 3.05) is 6.61 Å². The summed E-state index contributed by atoms with van der Waals surface area (Å²) in [5, 5.41) is 11.8. The zero-order valence-corrected chi connectivity index (χ0v) is 14.5. The number of fused-ring (bicyclic) bond motifs is 1. The van der Waals surface area contributed by atoms with E-state index < -0.39 is 18.0 Å². The molecule has 3 rings (SSSR count). The van der Waals surface area contributed by atoms with Crippen LogP contribution in [0.25, 0.3) is 22.3 Å². The SMILES string of the molecule is Cc1cc2oc(-c3ccc(Cl)cc3)c(OCC(=O)[O-])c(=O)c2cc1Cl. The molecule has 0 radical (unpaired) electrons. The number of ether oxygens (including phenoxy) is 1. The second-order valence-electron chi connectivity index (χ2n) is 5.35. The van der Waals surface area contributed by atoms with Gasteiger partial charge in [-0.05, 0) is 48.9 Å². The third kappa shape index (κ3) is 3.48. The number of rotatable bonds is 4. The van der Waals surface area contributed by atoms with E-state index in [9.17, 15) is 14.7 Å². The first-order valence-corrected chi connectivity index (χ1v) is 7.98. The maximum atomic E-state index is 12.8. The number of halogens is 2. The molecule has 2 aromatic carbocycles. The van der Waals surface area contributed by atoms with Crippen molar-refractivity contribution < 1.29 is 19.1 Å². The third-order valence-corrected chi connectivity index (χ3v) is 4.23. The molecular weight excluding hydrogens is 367 g/mol. The molecule has 25 heavy (non-hydrogen) atoms. The molecule has 3 aromatic rings. The maximum Gasteiger partial charge on any atom is 0.235 e. The molecule has 0 fully saturated rings. The third-order valence-electron chi connectivity index (χ3n) is 3.57. The van der Waals surface area contributed by atoms with Crippen molar-refractivity contribution in [1.82, 2.24) is 0 Å². The molecule has 0 saturated heterocycles. The van der Waals surface area contributed by atoms with Crippen LogP contribution in [0.5, 0.6) is 5.75 Å². The number of carbonyl (C=O) groups excluding carboxylic acids is 1. The van der Waals surface area contributed by atoms with Gasteiger partial charge in [0.05, 0.1) is 11.4 Å². The number of benzene rings is 2. The molecular formula is C18H11Cl2O5-. The predicted molar refractivity (Wildman–Crippen MR) is 93.2 cm³/mol. The Bertz CT molecular complexity index is 1020. The molecule has 128 valence electrons. The highest BCUT2D eigenvalue weighted by Crippen LogP contribution is 2.33. The lowest BCUT2D eigenvalue weighted by Crippen LogP contribution is -2.30. The van der Waals surface area contributed by atoms with E-state index in [0.29, 0.717) is 21.2 Å². The van der Waals surface area contributed by atoms with Gasteiger partial charge in [-0.2, -0.15) is 0 Å². The van der Waals surface area contributed by atoms with Crippen molar-refractivity contribution in [3.63, 3.8) is 0 Å². The van der Waals surface area contributed by atoms with Crippen LogP contribution in [0.3, 0.4) is 0 Å². The van der Waals surface area contributed by atoms with Gasteiger partial charge in [0.2, 0.25) is 11.2 Å². The fourth-order valence-electron chi connectivity index (χ4n) is 2.35. The minimum atomic E-state index is -1.46. The van der Waals surface area contributed by atoms with Gasteiger partial charge in [-0.25, -0.2) is 0 Å². The van der Waals surface area contributed by atoms with E-state index in [4.69, 9.17) is 32.4 Å². The Kier molecular flexibility index (Phi) is 4.70. The Balaban J connectivity index is 2.29. The summed E-state index contributed by atoms with van der Waals surface area (Å²) in [6.07, 6.45) is 0. The molecule has 0 amide bonds. The summed E-state index contributed by atoms with van der Waals surface area (Å²) in [6.45, 7) is 1.00. The first-order valence-electron chi connectivity index (χ1n) is 7.22. The maximum absolute atomic E-state index is 12.8. The van der Waals surface area contributed by atoms with E-state index in [-0.39, 0.29) is 16.9 Å². The van der Waals surface area contributed by atoms with Crippen LogP contribution in [0.2, 0.25) is 10.0 Å². The average Bonchev–Trinajstić information content (AvgIpc) is 2.56. The largest absolute Gasteiger partial charge is 0.546 e. The van der Waals surface area contributed by atoms with Gasteiger partial charge in [0.25, 0.3) is 0 Å². The molecule has 0 N–H and O–H groups in total. The minimum absolute atomic E-state index is 0.108. The average molecular weight is 378 g/mol. The number of carboxylic acid groups (broad SMARTS) is 1. The van der Waals surface area contributed by atoms with Crippen LogP contribution in [0, 0.1) is 6.92 Å². The normalized spacial score (nSPS) is 10.8. The summed E-state index contributed by atoms with van der Waals surface area (Å²) in [5.41, 5.74) is 1.05. The molecule has 0 unspecified atom stereocenters. The van der Waals surface area contributed by atoms with Gasteiger partial charge in [-0.1, -0.05) is 23.2 Å². The van der Waals surface area contributed by atoms with E-state index in [1.165, 1.54) is 6.07 Å². The van der Waals surface area contributed by atoms with Crippen LogP contribution in [-0.4, -0.2) is 12.6 Å². The lowest BCUT2D eigenvalue weighted by Gasteiger charge is -2.12. The Hall–Kier alpha value is -2.50. The first kappa shape index (κ1) is 17.3. The van der Waals surface area contributed by atoms with Gasteiger partial charge in [-0.3, -0.25) is 4.79 Å². The van der Waals surface area contributed by atoms with E-state index in [1.807, 2.05) is 0 Å². The van der Waals surface area contributed by atoms with Crippen molar-refractivity contribution in [1.29, 1.82) is 0 Å². The Labute approximate surface area is 152 Å². The summed E-state index contributed by atoms with van der Waals surface area (Å²) < 4.78 is 11.0. The monoisotopic (exact) mass is 377 g/mol. The summed E-state index contributed by atoms with van der Waals surface area (Å²) >= 11 is 12.0. The van der Waals surface area contributed by atoms with Crippen LogP contribution in [-0.2, 0) is 4.79 Å². The summed E-state index contributed by atoms with van der Waals surface area (Å²) in [6, 6.07) is 9.63. The van der Waals surface area contributed by atoms with E-state index in [0.717, 1.165) is 5.56 Å². The fourth-order valence-corrected chi connectivity index (χ4v) is 2.64. The summed E-state index contributed by atoms with van der Waals surface area (Å²) in [7, 11) is 0. The first-order chi connectivity index (χ1) is 11.9. The van der Waals surface area contributed by atoms with Gasteiger partial charge < -0.3 is 19.1 Å². The van der Waals surface area contributed by atoms with Gasteiger partial charge >= 0.3 is 0 Å². The fraction of sp³-hybridized carbons (Fsp3) is 0.111. The van der Waals surface area contributed by atoms with Crippen molar-refractivity contribution >= 4 is 40.1 Å². The molecule has 1 aromatic heterocycles. The standard InChI is InChI=1S/C18H12Cl2O5/c1-9-6-14-12(7-13(9)20)16(23)18(24-8-15(21)22)17(25-14)10-2-4-11(19)5-3-10/h2-7H,8H2,1H3,(H,21,22)/p-1.